The van der Waals surface area contributed by atoms with Crippen LogP contribution in [0.4, 0.5) is 0 Å². The number of hydrogen-bond acceptors (Lipinski definition) is 5. The Morgan fingerprint density at radius 2 is 1.80 bits per heavy atom. The molecule has 0 saturated heterocycles. The molecule has 1 heterocycles. The summed E-state index contributed by atoms with van der Waals surface area (Å²) >= 11 is 1.33. The number of aliphatic carboxylic acids is 1. The molecule has 30 heavy (non-hydrogen) atoms. The molecule has 0 unspecified atom stereocenters. The summed E-state index contributed by atoms with van der Waals surface area (Å²) in [5, 5.41) is 8.87. The maximum atomic E-state index is 10.8. The first-order valence-corrected chi connectivity index (χ1v) is 11.0. The molecular formula is C24H26O5S. The Morgan fingerprint density at radius 1 is 1.03 bits per heavy atom. The highest BCUT2D eigenvalue weighted by atomic mass is 32.2. The highest BCUT2D eigenvalue weighted by Gasteiger charge is 2.12. The van der Waals surface area contributed by atoms with Crippen LogP contribution in [0, 0.1) is 13.8 Å². The molecule has 0 aliphatic carbocycles. The normalized spacial score (nSPS) is 10.8. The van der Waals surface area contributed by atoms with Gasteiger partial charge in [0.2, 0.25) is 0 Å². The molecular weight excluding hydrogens is 400 g/mol. The van der Waals surface area contributed by atoms with E-state index in [2.05, 4.69) is 19.1 Å². The lowest BCUT2D eigenvalue weighted by Crippen LogP contribution is -2.01. The summed E-state index contributed by atoms with van der Waals surface area (Å²) in [4.78, 5) is 10.8. The minimum Gasteiger partial charge on any atom is -0.494 e. The maximum absolute atomic E-state index is 10.8. The number of carboxylic acid groups (broad SMARTS) is 1. The Kier molecular flexibility index (Phi) is 7.46. The van der Waals surface area contributed by atoms with Crippen molar-refractivity contribution in [1.29, 1.82) is 0 Å². The number of ether oxygens (including phenoxy) is 2. The highest BCUT2D eigenvalue weighted by molar-refractivity contribution is 7.99. The minimum absolute atomic E-state index is 0.0483. The molecule has 0 aliphatic rings. The van der Waals surface area contributed by atoms with Crippen molar-refractivity contribution < 1.29 is 23.8 Å². The zero-order valence-electron chi connectivity index (χ0n) is 17.4. The van der Waals surface area contributed by atoms with Crippen molar-refractivity contribution in [3.63, 3.8) is 0 Å². The fraction of sp³-hybridized carbons (Fsp3) is 0.292. The van der Waals surface area contributed by atoms with E-state index in [0.717, 1.165) is 34.0 Å². The summed E-state index contributed by atoms with van der Waals surface area (Å²) in [7, 11) is 0. The minimum atomic E-state index is -0.829. The van der Waals surface area contributed by atoms with Gasteiger partial charge in [-0.2, -0.15) is 0 Å². The van der Waals surface area contributed by atoms with Crippen LogP contribution in [0.15, 0.2) is 52.9 Å². The zero-order chi connectivity index (χ0) is 21.5. The second-order valence-corrected chi connectivity index (χ2v) is 7.92. The van der Waals surface area contributed by atoms with Gasteiger partial charge in [0, 0.05) is 22.4 Å². The van der Waals surface area contributed by atoms with Gasteiger partial charge >= 0.3 is 5.97 Å². The average Bonchev–Trinajstić information content (AvgIpc) is 3.09. The Hall–Kier alpha value is -2.86. The number of furan rings is 1. The van der Waals surface area contributed by atoms with Crippen LogP contribution in [0.1, 0.15) is 29.4 Å². The number of carboxylic acids is 1. The van der Waals surface area contributed by atoms with E-state index >= 15 is 0 Å². The molecule has 0 saturated carbocycles. The second-order valence-electron chi connectivity index (χ2n) is 6.94. The van der Waals surface area contributed by atoms with Crippen LogP contribution in [-0.2, 0) is 17.2 Å². The van der Waals surface area contributed by atoms with Gasteiger partial charge in [-0.05, 0) is 45.0 Å². The lowest BCUT2D eigenvalue weighted by molar-refractivity contribution is -0.133. The van der Waals surface area contributed by atoms with E-state index in [0.29, 0.717) is 24.7 Å². The molecule has 3 rings (SSSR count). The van der Waals surface area contributed by atoms with E-state index in [1.165, 1.54) is 17.3 Å². The van der Waals surface area contributed by atoms with Crippen molar-refractivity contribution in [1.82, 2.24) is 0 Å². The highest BCUT2D eigenvalue weighted by Crippen LogP contribution is 2.30. The summed E-state index contributed by atoms with van der Waals surface area (Å²) in [5.41, 5.74) is 4.15. The van der Waals surface area contributed by atoms with Crippen molar-refractivity contribution >= 4 is 17.7 Å². The lowest BCUT2D eigenvalue weighted by Gasteiger charge is -2.12. The molecule has 0 radical (unpaired) electrons. The van der Waals surface area contributed by atoms with Crippen LogP contribution >= 0.6 is 11.8 Å². The van der Waals surface area contributed by atoms with Crippen LogP contribution in [0.3, 0.4) is 0 Å². The summed E-state index contributed by atoms with van der Waals surface area (Å²) in [6.45, 7) is 6.85. The monoisotopic (exact) mass is 426 g/mol. The van der Waals surface area contributed by atoms with Crippen LogP contribution in [-0.4, -0.2) is 23.4 Å². The fourth-order valence-corrected chi connectivity index (χ4v) is 3.71. The van der Waals surface area contributed by atoms with Gasteiger partial charge in [0.05, 0.1) is 12.4 Å². The van der Waals surface area contributed by atoms with Gasteiger partial charge in [-0.3, -0.25) is 4.79 Å². The quantitative estimate of drug-likeness (QED) is 0.438. The number of hydrogen-bond donors (Lipinski definition) is 1. The standard InChI is InChI=1S/C24H26O5S/c1-4-27-22-10-9-21(11-20(22)14-30-15-24(25)26)28-13-19-12-23(29-17(19)3)18-7-5-16(2)6-8-18/h5-12H,4,13-15H2,1-3H3,(H,25,26). The maximum Gasteiger partial charge on any atom is 0.313 e. The van der Waals surface area contributed by atoms with Gasteiger partial charge in [-0.15, -0.1) is 11.8 Å². The fourth-order valence-electron chi connectivity index (χ4n) is 2.99. The third-order valence-corrected chi connectivity index (χ3v) is 5.53. The Balaban J connectivity index is 1.70. The van der Waals surface area contributed by atoms with E-state index < -0.39 is 5.97 Å². The molecule has 5 nitrogen and oxygen atoms in total. The predicted molar refractivity (Wildman–Crippen MR) is 119 cm³/mol. The molecule has 0 atom stereocenters. The SMILES string of the molecule is CCOc1ccc(OCc2cc(-c3ccc(C)cc3)oc2C)cc1CSCC(=O)O. The van der Waals surface area contributed by atoms with Gasteiger partial charge in [0.15, 0.2) is 0 Å². The number of carbonyl (C=O) groups is 1. The van der Waals surface area contributed by atoms with E-state index in [-0.39, 0.29) is 5.75 Å². The van der Waals surface area contributed by atoms with Gasteiger partial charge in [0.25, 0.3) is 0 Å². The Labute approximate surface area is 181 Å². The van der Waals surface area contributed by atoms with Crippen LogP contribution < -0.4 is 9.47 Å². The number of aryl methyl sites for hydroxylation is 2. The van der Waals surface area contributed by atoms with Crippen molar-refractivity contribution in [3.8, 4) is 22.8 Å². The van der Waals surface area contributed by atoms with E-state index in [1.807, 2.05) is 50.2 Å². The third kappa shape index (κ3) is 5.83. The molecule has 0 fully saturated rings. The van der Waals surface area contributed by atoms with E-state index in [1.54, 1.807) is 0 Å². The van der Waals surface area contributed by atoms with Crippen LogP contribution in [0.5, 0.6) is 11.5 Å². The molecule has 6 heteroatoms. The molecule has 1 aromatic heterocycles. The summed E-state index contributed by atoms with van der Waals surface area (Å²) in [6, 6.07) is 15.9. The van der Waals surface area contributed by atoms with Gasteiger partial charge in [-0.1, -0.05) is 29.8 Å². The van der Waals surface area contributed by atoms with Crippen molar-refractivity contribution in [3.05, 3.63) is 71.0 Å². The molecule has 0 bridgehead atoms. The van der Waals surface area contributed by atoms with Crippen molar-refractivity contribution in [2.45, 2.75) is 33.1 Å². The second kappa shape index (κ2) is 10.3. The van der Waals surface area contributed by atoms with E-state index in [4.69, 9.17) is 19.0 Å². The van der Waals surface area contributed by atoms with E-state index in [9.17, 15) is 4.79 Å². The molecule has 1 N–H and O–H groups in total. The molecule has 2 aromatic carbocycles. The van der Waals surface area contributed by atoms with Crippen molar-refractivity contribution in [2.24, 2.45) is 0 Å². The van der Waals surface area contributed by atoms with Crippen LogP contribution in [0.2, 0.25) is 0 Å². The summed E-state index contributed by atoms with van der Waals surface area (Å²) in [6.07, 6.45) is 0. The summed E-state index contributed by atoms with van der Waals surface area (Å²) in [5.74, 6) is 2.88. The van der Waals surface area contributed by atoms with Gasteiger partial charge in [0.1, 0.15) is 29.6 Å². The molecule has 0 aliphatic heterocycles. The predicted octanol–water partition coefficient (Wildman–Crippen LogP) is 5.86. The number of benzene rings is 2. The van der Waals surface area contributed by atoms with Crippen LogP contribution in [0.25, 0.3) is 11.3 Å². The van der Waals surface area contributed by atoms with Crippen molar-refractivity contribution in [2.75, 3.05) is 12.4 Å². The topological polar surface area (TPSA) is 68.9 Å². The Morgan fingerprint density at radius 3 is 2.50 bits per heavy atom. The molecule has 158 valence electrons. The average molecular weight is 427 g/mol. The number of thioether (sulfide) groups is 1. The lowest BCUT2D eigenvalue weighted by atomic mass is 10.1. The largest absolute Gasteiger partial charge is 0.494 e. The van der Waals surface area contributed by atoms with Gasteiger partial charge in [-0.25, -0.2) is 0 Å². The smallest absolute Gasteiger partial charge is 0.313 e. The van der Waals surface area contributed by atoms with Gasteiger partial charge < -0.3 is 19.0 Å². The summed E-state index contributed by atoms with van der Waals surface area (Å²) < 4.78 is 17.6. The molecule has 0 amide bonds. The Bertz CT molecular complexity index is 991. The number of rotatable bonds is 10. The first-order chi connectivity index (χ1) is 14.5. The molecule has 0 spiro atoms. The third-order valence-electron chi connectivity index (χ3n) is 4.57. The first-order valence-electron chi connectivity index (χ1n) is 9.80. The first kappa shape index (κ1) is 21.8. The molecule has 3 aromatic rings. The zero-order valence-corrected chi connectivity index (χ0v) is 18.3.